The van der Waals surface area contributed by atoms with Crippen molar-refractivity contribution in [2.75, 3.05) is 0 Å². The number of ketones is 2. The molecular formula is C27H30N2O6. The Morgan fingerprint density at radius 1 is 1.14 bits per heavy atom. The highest BCUT2D eigenvalue weighted by Crippen LogP contribution is 2.37. The molecule has 8 heteroatoms. The molecule has 2 aliphatic rings. The summed E-state index contributed by atoms with van der Waals surface area (Å²) in [6, 6.07) is 8.78. The minimum Gasteiger partial charge on any atom is -0.511 e. The lowest BCUT2D eigenvalue weighted by atomic mass is 9.73. The van der Waals surface area contributed by atoms with E-state index in [-0.39, 0.29) is 53.5 Å². The quantitative estimate of drug-likeness (QED) is 0.457. The molecule has 8 nitrogen and oxygen atoms in total. The van der Waals surface area contributed by atoms with E-state index in [0.717, 1.165) is 5.56 Å². The first-order valence-corrected chi connectivity index (χ1v) is 11.9. The number of nitrogens with zero attached hydrogens (tertiary/aromatic N) is 2. The Hall–Kier alpha value is -3.55. The van der Waals surface area contributed by atoms with E-state index in [0.29, 0.717) is 42.0 Å². The van der Waals surface area contributed by atoms with Gasteiger partial charge in [0.1, 0.15) is 17.6 Å². The number of carbonyl (C=O) groups is 3. The number of aliphatic imine (C=N–C) groups is 1. The van der Waals surface area contributed by atoms with Crippen LogP contribution < -0.4 is 0 Å². The fraction of sp³-hybridized carbons (Fsp3) is 0.444. The Kier molecular flexibility index (Phi) is 6.74. The van der Waals surface area contributed by atoms with Crippen molar-refractivity contribution < 1.29 is 29.1 Å². The third-order valence-electron chi connectivity index (χ3n) is 6.69. The minimum atomic E-state index is -1.10. The third-order valence-corrected chi connectivity index (χ3v) is 6.69. The topological polar surface area (TPSA) is 130 Å². The van der Waals surface area contributed by atoms with Gasteiger partial charge in [-0.05, 0) is 30.2 Å². The molecule has 1 fully saturated rings. The van der Waals surface area contributed by atoms with Gasteiger partial charge in [-0.15, -0.1) is 0 Å². The molecule has 0 spiro atoms. The normalized spacial score (nSPS) is 23.2. The summed E-state index contributed by atoms with van der Waals surface area (Å²) in [5.41, 5.74) is 2.02. The van der Waals surface area contributed by atoms with Gasteiger partial charge in [0.05, 0.1) is 22.5 Å². The van der Waals surface area contributed by atoms with Crippen LogP contribution in [0.3, 0.4) is 0 Å². The molecule has 1 aromatic carbocycles. The molecule has 2 N–H and O–H groups in total. The molecule has 184 valence electrons. The number of benzene rings is 1. The number of carbonyl (C=O) groups excluding carboxylic acids is 2. The van der Waals surface area contributed by atoms with Crippen molar-refractivity contribution in [2.45, 2.75) is 71.3 Å². The highest BCUT2D eigenvalue weighted by atomic mass is 16.5. The van der Waals surface area contributed by atoms with Crippen molar-refractivity contribution in [3.05, 3.63) is 64.2 Å². The lowest BCUT2D eigenvalue weighted by Gasteiger charge is -2.31. The van der Waals surface area contributed by atoms with Gasteiger partial charge in [-0.3, -0.25) is 14.6 Å². The largest absolute Gasteiger partial charge is 0.511 e. The molecule has 0 aliphatic heterocycles. The number of hydrogen-bond donors (Lipinski definition) is 2. The first kappa shape index (κ1) is 24.6. The van der Waals surface area contributed by atoms with E-state index in [9.17, 15) is 24.6 Å². The number of aryl methyl sites for hydroxylation is 1. The maximum absolute atomic E-state index is 13.0. The second kappa shape index (κ2) is 9.60. The summed E-state index contributed by atoms with van der Waals surface area (Å²) in [4.78, 5) is 41.4. The maximum Gasteiger partial charge on any atom is 0.328 e. The fourth-order valence-corrected chi connectivity index (χ4v) is 4.95. The predicted molar refractivity (Wildman–Crippen MR) is 129 cm³/mol. The Morgan fingerprint density at radius 3 is 2.54 bits per heavy atom. The molecule has 0 saturated heterocycles. The van der Waals surface area contributed by atoms with Crippen LogP contribution in [0.15, 0.2) is 51.2 Å². The van der Waals surface area contributed by atoms with Crippen LogP contribution in [0.5, 0.6) is 0 Å². The van der Waals surface area contributed by atoms with E-state index >= 15 is 0 Å². The molecule has 2 aromatic rings. The molecule has 0 amide bonds. The number of Topliss-reactive ketones (excluding diaryl/α,β-unsaturated/α-hetero) is 2. The molecule has 35 heavy (non-hydrogen) atoms. The zero-order valence-electron chi connectivity index (χ0n) is 20.2. The zero-order chi connectivity index (χ0) is 25.3. The molecule has 2 unspecified atom stereocenters. The Labute approximate surface area is 203 Å². The zero-order valence-corrected chi connectivity index (χ0v) is 20.2. The van der Waals surface area contributed by atoms with Crippen molar-refractivity contribution >= 4 is 23.2 Å². The number of aliphatic carboxylic acids is 1. The molecule has 1 saturated carbocycles. The summed E-state index contributed by atoms with van der Waals surface area (Å²) < 4.78 is 5.51. The van der Waals surface area contributed by atoms with Crippen LogP contribution in [0.1, 0.15) is 79.7 Å². The first-order valence-electron chi connectivity index (χ1n) is 11.9. The van der Waals surface area contributed by atoms with Crippen LogP contribution in [0, 0.1) is 5.41 Å². The third kappa shape index (κ3) is 5.26. The lowest BCUT2D eigenvalue weighted by molar-refractivity contribution is -0.138. The first-order chi connectivity index (χ1) is 16.6. The SMILES string of the molecule is CC(N=C1CC(C)(C)CC(=O)/C1=C(/O)CCc1noc2c1C(=O)CC(c1ccccc1)C2)C(=O)O. The van der Waals surface area contributed by atoms with Gasteiger partial charge in [0, 0.05) is 32.1 Å². The lowest BCUT2D eigenvalue weighted by Crippen LogP contribution is -2.34. The number of hydrogen-bond acceptors (Lipinski definition) is 7. The van der Waals surface area contributed by atoms with Crippen LogP contribution in [0.25, 0.3) is 0 Å². The van der Waals surface area contributed by atoms with Gasteiger partial charge in [0.15, 0.2) is 11.6 Å². The smallest absolute Gasteiger partial charge is 0.328 e. The van der Waals surface area contributed by atoms with Crippen LogP contribution in [0.2, 0.25) is 0 Å². The predicted octanol–water partition coefficient (Wildman–Crippen LogP) is 4.64. The van der Waals surface area contributed by atoms with Crippen LogP contribution in [-0.4, -0.2) is 44.7 Å². The van der Waals surface area contributed by atoms with Gasteiger partial charge in [0.2, 0.25) is 0 Å². The monoisotopic (exact) mass is 478 g/mol. The van der Waals surface area contributed by atoms with Crippen molar-refractivity contribution in [1.82, 2.24) is 5.16 Å². The van der Waals surface area contributed by atoms with Gasteiger partial charge in [-0.25, -0.2) is 4.79 Å². The van der Waals surface area contributed by atoms with E-state index in [1.165, 1.54) is 6.92 Å². The second-order valence-electron chi connectivity index (χ2n) is 10.2. The molecular weight excluding hydrogens is 448 g/mol. The average Bonchev–Trinajstić information content (AvgIpc) is 3.20. The van der Waals surface area contributed by atoms with Gasteiger partial charge in [0.25, 0.3) is 0 Å². The van der Waals surface area contributed by atoms with Crippen LogP contribution >= 0.6 is 0 Å². The summed E-state index contributed by atoms with van der Waals surface area (Å²) in [5.74, 6) is -0.996. The Morgan fingerprint density at radius 2 is 1.86 bits per heavy atom. The highest BCUT2D eigenvalue weighted by Gasteiger charge is 2.37. The fourth-order valence-electron chi connectivity index (χ4n) is 4.95. The van der Waals surface area contributed by atoms with Gasteiger partial charge < -0.3 is 14.7 Å². The van der Waals surface area contributed by atoms with E-state index in [2.05, 4.69) is 10.1 Å². The van der Waals surface area contributed by atoms with Gasteiger partial charge in [-0.2, -0.15) is 0 Å². The summed E-state index contributed by atoms with van der Waals surface area (Å²) in [7, 11) is 0. The minimum absolute atomic E-state index is 0.0331. The number of aromatic nitrogens is 1. The second-order valence-corrected chi connectivity index (χ2v) is 10.2. The molecule has 2 aliphatic carbocycles. The molecule has 1 heterocycles. The summed E-state index contributed by atoms with van der Waals surface area (Å²) in [5, 5.41) is 24.3. The van der Waals surface area contributed by atoms with Crippen molar-refractivity contribution in [3.63, 3.8) is 0 Å². The van der Waals surface area contributed by atoms with E-state index in [1.807, 2.05) is 44.2 Å². The van der Waals surface area contributed by atoms with Crippen molar-refractivity contribution in [1.29, 1.82) is 0 Å². The Balaban J connectivity index is 1.56. The average molecular weight is 479 g/mol. The molecule has 0 bridgehead atoms. The highest BCUT2D eigenvalue weighted by molar-refractivity contribution is 6.25. The summed E-state index contributed by atoms with van der Waals surface area (Å²) in [6.45, 7) is 5.26. The number of aliphatic hydroxyl groups excluding tert-OH is 1. The van der Waals surface area contributed by atoms with Gasteiger partial charge in [-0.1, -0.05) is 49.3 Å². The Bertz CT molecular complexity index is 1220. The number of carboxylic acids is 1. The number of allylic oxidation sites excluding steroid dienone is 2. The molecule has 4 rings (SSSR count). The standard InChI is InChI=1S/C27H30N2O6/c1-15(26(33)34)28-19-13-27(2,3)14-22(32)24(19)20(30)10-9-18-25-21(31)11-17(12-23(25)35-29-18)16-7-5-4-6-8-16/h4-8,15,17,30H,9-14H2,1-3H3,(H,33,34)/b24-20+,28-19?. The molecule has 2 atom stereocenters. The molecule has 1 aromatic heterocycles. The number of fused-ring (bicyclic) bond motifs is 1. The summed E-state index contributed by atoms with van der Waals surface area (Å²) in [6.07, 6.45) is 1.82. The van der Waals surface area contributed by atoms with E-state index in [1.54, 1.807) is 0 Å². The van der Waals surface area contributed by atoms with Gasteiger partial charge >= 0.3 is 5.97 Å². The van der Waals surface area contributed by atoms with Crippen LogP contribution in [-0.2, 0) is 22.4 Å². The number of rotatable bonds is 6. The van der Waals surface area contributed by atoms with E-state index < -0.39 is 12.0 Å². The number of aliphatic hydroxyl groups is 1. The van der Waals surface area contributed by atoms with Crippen molar-refractivity contribution in [2.24, 2.45) is 10.4 Å². The van der Waals surface area contributed by atoms with Crippen molar-refractivity contribution in [3.8, 4) is 0 Å². The maximum atomic E-state index is 13.0. The van der Waals surface area contributed by atoms with E-state index in [4.69, 9.17) is 4.52 Å². The summed E-state index contributed by atoms with van der Waals surface area (Å²) >= 11 is 0. The van der Waals surface area contributed by atoms with Crippen LogP contribution in [0.4, 0.5) is 0 Å². The molecule has 0 radical (unpaired) electrons. The number of carboxylic acid groups (broad SMARTS) is 1.